The van der Waals surface area contributed by atoms with Crippen LogP contribution in [-0.2, 0) is 13.0 Å². The molecule has 0 aliphatic carbocycles. The highest BCUT2D eigenvalue weighted by molar-refractivity contribution is 7.18. The van der Waals surface area contributed by atoms with Crippen molar-refractivity contribution >= 4 is 21.6 Å². The fraction of sp³-hybridized carbons (Fsp3) is 0.538. The lowest BCUT2D eigenvalue weighted by molar-refractivity contribution is 0.577. The Morgan fingerprint density at radius 3 is 2.68 bits per heavy atom. The van der Waals surface area contributed by atoms with Gasteiger partial charge >= 0.3 is 5.69 Å². The van der Waals surface area contributed by atoms with Gasteiger partial charge in [-0.1, -0.05) is 6.92 Å². The first-order valence-corrected chi connectivity index (χ1v) is 7.37. The number of unbranched alkanes of at least 4 members (excludes halogenated alkanes) is 1. The molecule has 0 saturated heterocycles. The average molecular weight is 281 g/mol. The Morgan fingerprint density at radius 1 is 1.32 bits per heavy atom. The highest BCUT2D eigenvalue weighted by Gasteiger charge is 2.15. The Labute approximate surface area is 115 Å². The fourth-order valence-corrected chi connectivity index (χ4v) is 3.45. The van der Waals surface area contributed by atoms with E-state index < -0.39 is 0 Å². The van der Waals surface area contributed by atoms with Crippen molar-refractivity contribution in [1.82, 2.24) is 9.55 Å². The normalized spacial score (nSPS) is 11.3. The van der Waals surface area contributed by atoms with E-state index in [1.54, 1.807) is 0 Å². The van der Waals surface area contributed by atoms with E-state index in [1.807, 2.05) is 13.8 Å². The molecule has 0 amide bonds. The first-order valence-electron chi connectivity index (χ1n) is 6.55. The molecular formula is C13H19N3O2S. The number of hydrogen-bond donors (Lipinski definition) is 2. The van der Waals surface area contributed by atoms with Crippen molar-refractivity contribution in [2.75, 3.05) is 6.54 Å². The maximum Gasteiger partial charge on any atom is 0.329 e. The minimum absolute atomic E-state index is 0.169. The average Bonchev–Trinajstić information content (AvgIpc) is 2.69. The van der Waals surface area contributed by atoms with Gasteiger partial charge in [-0.25, -0.2) is 4.79 Å². The molecule has 0 aromatic carbocycles. The minimum Gasteiger partial charge on any atom is -0.330 e. The summed E-state index contributed by atoms with van der Waals surface area (Å²) in [5.74, 6) is 0. The third-order valence-corrected chi connectivity index (χ3v) is 4.39. The molecule has 0 saturated carbocycles. The molecule has 0 spiro atoms. The monoisotopic (exact) mass is 281 g/mol. The molecule has 104 valence electrons. The van der Waals surface area contributed by atoms with Gasteiger partial charge in [0, 0.05) is 11.4 Å². The Morgan fingerprint density at radius 2 is 2.05 bits per heavy atom. The molecule has 3 N–H and O–H groups in total. The molecule has 2 aromatic rings. The lowest BCUT2D eigenvalue weighted by Crippen LogP contribution is -2.35. The van der Waals surface area contributed by atoms with E-state index in [0.29, 0.717) is 23.3 Å². The Balaban J connectivity index is 2.59. The number of aromatic nitrogens is 2. The number of fused-ring (bicyclic) bond motifs is 1. The second kappa shape index (κ2) is 5.71. The molecule has 0 atom stereocenters. The van der Waals surface area contributed by atoms with Crippen molar-refractivity contribution < 1.29 is 0 Å². The van der Waals surface area contributed by atoms with E-state index in [1.165, 1.54) is 15.9 Å². The zero-order chi connectivity index (χ0) is 14.0. The van der Waals surface area contributed by atoms with Crippen LogP contribution in [0.2, 0.25) is 0 Å². The summed E-state index contributed by atoms with van der Waals surface area (Å²) in [6, 6.07) is 0. The van der Waals surface area contributed by atoms with E-state index in [0.717, 1.165) is 29.7 Å². The van der Waals surface area contributed by atoms with Crippen molar-refractivity contribution in [3.8, 4) is 0 Å². The summed E-state index contributed by atoms with van der Waals surface area (Å²) < 4.78 is 1.29. The highest BCUT2D eigenvalue weighted by atomic mass is 32.1. The summed E-state index contributed by atoms with van der Waals surface area (Å²) in [7, 11) is 0. The molecule has 2 heterocycles. The predicted molar refractivity (Wildman–Crippen MR) is 79.1 cm³/mol. The summed E-state index contributed by atoms with van der Waals surface area (Å²) in [6.45, 7) is 5.02. The van der Waals surface area contributed by atoms with Crippen LogP contribution in [0.5, 0.6) is 0 Å². The number of hydrogen-bond acceptors (Lipinski definition) is 4. The topological polar surface area (TPSA) is 80.9 Å². The minimum atomic E-state index is -0.321. The first kappa shape index (κ1) is 14.0. The summed E-state index contributed by atoms with van der Waals surface area (Å²) in [5, 5.41) is 0.678. The Hall–Kier alpha value is -1.40. The van der Waals surface area contributed by atoms with Crippen LogP contribution in [-0.4, -0.2) is 16.1 Å². The summed E-state index contributed by atoms with van der Waals surface area (Å²) in [6.07, 6.45) is 2.36. The van der Waals surface area contributed by atoms with Crippen LogP contribution in [0, 0.1) is 6.92 Å². The quantitative estimate of drug-likeness (QED) is 0.812. The predicted octanol–water partition coefficient (Wildman–Crippen LogP) is 1.36. The molecule has 0 aliphatic rings. The van der Waals surface area contributed by atoms with Crippen molar-refractivity contribution in [2.24, 2.45) is 5.73 Å². The fourth-order valence-electron chi connectivity index (χ4n) is 2.33. The number of thiophene rings is 1. The zero-order valence-corrected chi connectivity index (χ0v) is 12.1. The standard InChI is InChI=1S/C13H19N3O2S/c1-3-9-8(2)19-11-10(9)12(17)16(13(18)15-11)7-5-4-6-14/h3-7,14H2,1-2H3,(H,15,18). The van der Waals surface area contributed by atoms with E-state index in [4.69, 9.17) is 5.73 Å². The van der Waals surface area contributed by atoms with Gasteiger partial charge in [-0.15, -0.1) is 11.3 Å². The number of rotatable bonds is 5. The van der Waals surface area contributed by atoms with Gasteiger partial charge in [-0.05, 0) is 38.3 Å². The van der Waals surface area contributed by atoms with Gasteiger partial charge in [-0.2, -0.15) is 0 Å². The number of nitrogens with one attached hydrogen (secondary N) is 1. The van der Waals surface area contributed by atoms with Crippen LogP contribution >= 0.6 is 11.3 Å². The molecule has 2 rings (SSSR count). The molecular weight excluding hydrogens is 262 g/mol. The van der Waals surface area contributed by atoms with Crippen LogP contribution in [0.25, 0.3) is 10.2 Å². The molecule has 0 bridgehead atoms. The van der Waals surface area contributed by atoms with Gasteiger partial charge in [0.15, 0.2) is 0 Å². The van der Waals surface area contributed by atoms with Crippen molar-refractivity contribution in [2.45, 2.75) is 39.7 Å². The third-order valence-electron chi connectivity index (χ3n) is 3.32. The number of aryl methyl sites for hydroxylation is 2. The SMILES string of the molecule is CCc1c(C)sc2[nH]c(=O)n(CCCCN)c(=O)c12. The molecule has 6 heteroatoms. The second-order valence-corrected chi connectivity index (χ2v) is 5.80. The van der Waals surface area contributed by atoms with Crippen molar-refractivity contribution in [3.63, 3.8) is 0 Å². The van der Waals surface area contributed by atoms with Crippen molar-refractivity contribution in [1.29, 1.82) is 0 Å². The smallest absolute Gasteiger partial charge is 0.329 e. The maximum absolute atomic E-state index is 12.5. The van der Waals surface area contributed by atoms with Crippen LogP contribution in [0.4, 0.5) is 0 Å². The Bertz CT molecular complexity index is 696. The van der Waals surface area contributed by atoms with Crippen LogP contribution in [0.3, 0.4) is 0 Å². The van der Waals surface area contributed by atoms with E-state index >= 15 is 0 Å². The molecule has 0 fully saturated rings. The van der Waals surface area contributed by atoms with Crippen LogP contribution in [0.1, 0.15) is 30.2 Å². The largest absolute Gasteiger partial charge is 0.330 e. The number of H-pyrrole nitrogens is 1. The molecule has 5 nitrogen and oxygen atoms in total. The van der Waals surface area contributed by atoms with Crippen LogP contribution < -0.4 is 17.0 Å². The van der Waals surface area contributed by atoms with Crippen molar-refractivity contribution in [3.05, 3.63) is 31.3 Å². The zero-order valence-electron chi connectivity index (χ0n) is 11.3. The second-order valence-electron chi connectivity index (χ2n) is 4.58. The molecule has 0 aliphatic heterocycles. The van der Waals surface area contributed by atoms with Gasteiger partial charge in [0.1, 0.15) is 4.83 Å². The summed E-state index contributed by atoms with van der Waals surface area (Å²) in [5.41, 5.74) is 6.00. The molecule has 2 aromatic heterocycles. The van der Waals surface area contributed by atoms with E-state index in [-0.39, 0.29) is 11.2 Å². The molecule has 19 heavy (non-hydrogen) atoms. The molecule has 0 radical (unpaired) electrons. The van der Waals surface area contributed by atoms with Gasteiger partial charge in [0.2, 0.25) is 0 Å². The van der Waals surface area contributed by atoms with E-state index in [9.17, 15) is 9.59 Å². The van der Waals surface area contributed by atoms with Gasteiger partial charge in [0.25, 0.3) is 5.56 Å². The number of nitrogens with zero attached hydrogens (tertiary/aromatic N) is 1. The van der Waals surface area contributed by atoms with Gasteiger partial charge in [-0.3, -0.25) is 14.3 Å². The first-order chi connectivity index (χ1) is 9.10. The van der Waals surface area contributed by atoms with Crippen LogP contribution in [0.15, 0.2) is 9.59 Å². The third kappa shape index (κ3) is 2.50. The Kier molecular flexibility index (Phi) is 4.21. The maximum atomic E-state index is 12.5. The van der Waals surface area contributed by atoms with Gasteiger partial charge < -0.3 is 5.73 Å². The lowest BCUT2D eigenvalue weighted by atomic mass is 10.1. The lowest BCUT2D eigenvalue weighted by Gasteiger charge is -2.04. The molecule has 0 unspecified atom stereocenters. The number of nitrogens with two attached hydrogens (primary N) is 1. The summed E-state index contributed by atoms with van der Waals surface area (Å²) in [4.78, 5) is 29.0. The van der Waals surface area contributed by atoms with Gasteiger partial charge in [0.05, 0.1) is 5.39 Å². The highest BCUT2D eigenvalue weighted by Crippen LogP contribution is 2.26. The van der Waals surface area contributed by atoms with E-state index in [2.05, 4.69) is 4.98 Å². The summed E-state index contributed by atoms with van der Waals surface area (Å²) >= 11 is 1.48. The number of aromatic amines is 1.